The monoisotopic (exact) mass is 369 g/mol. The molecule has 0 N–H and O–H groups in total. The molecule has 27 heavy (non-hydrogen) atoms. The van der Waals surface area contributed by atoms with Crippen molar-refractivity contribution in [1.29, 1.82) is 0 Å². The predicted octanol–water partition coefficient (Wildman–Crippen LogP) is 6.70. The lowest BCUT2D eigenvalue weighted by molar-refractivity contribution is -0.704. The lowest BCUT2D eigenvalue weighted by atomic mass is 10.1. The van der Waals surface area contributed by atoms with Gasteiger partial charge in [-0.1, -0.05) is 95.5 Å². The number of imidazole rings is 1. The summed E-state index contributed by atoms with van der Waals surface area (Å²) in [5.74, 6) is 1.51. The SMILES string of the molecule is CCCCCCCCCCc1n(Cc2ccccc2)cc[n+]1CCCCC. The van der Waals surface area contributed by atoms with E-state index in [0.29, 0.717) is 0 Å². The van der Waals surface area contributed by atoms with Gasteiger partial charge in [0.1, 0.15) is 18.9 Å². The standard InChI is InChI=1S/C25H41N2/c1-3-5-7-8-9-10-11-15-19-25-26(20-16-6-4-2)21-22-27(25)23-24-17-13-12-14-18-24/h12-14,17-18,21-22H,3-11,15-16,19-20,23H2,1-2H3/q+1. The maximum absolute atomic E-state index is 2.51. The van der Waals surface area contributed by atoms with Crippen molar-refractivity contribution in [2.45, 2.75) is 104 Å². The molecule has 0 atom stereocenters. The summed E-state index contributed by atoms with van der Waals surface area (Å²) in [5.41, 5.74) is 1.39. The second-order valence-electron chi connectivity index (χ2n) is 7.95. The summed E-state index contributed by atoms with van der Waals surface area (Å²) < 4.78 is 4.99. The topological polar surface area (TPSA) is 8.81 Å². The highest BCUT2D eigenvalue weighted by Gasteiger charge is 2.16. The summed E-state index contributed by atoms with van der Waals surface area (Å²) >= 11 is 0. The molecule has 0 fully saturated rings. The first-order valence-corrected chi connectivity index (χ1v) is 11.5. The quantitative estimate of drug-likeness (QED) is 0.244. The van der Waals surface area contributed by atoms with Crippen molar-refractivity contribution in [2.24, 2.45) is 0 Å². The molecule has 0 aliphatic heterocycles. The van der Waals surface area contributed by atoms with Crippen molar-refractivity contribution in [3.63, 3.8) is 0 Å². The average Bonchev–Trinajstić information content (AvgIpc) is 3.06. The minimum absolute atomic E-state index is 0.994. The molecule has 0 aliphatic carbocycles. The summed E-state index contributed by atoms with van der Waals surface area (Å²) in [6.07, 6.45) is 20.8. The van der Waals surface area contributed by atoms with Gasteiger partial charge in [0.05, 0.1) is 6.54 Å². The van der Waals surface area contributed by atoms with E-state index >= 15 is 0 Å². The molecule has 0 aliphatic rings. The van der Waals surface area contributed by atoms with Crippen molar-refractivity contribution < 1.29 is 4.57 Å². The second-order valence-corrected chi connectivity index (χ2v) is 7.95. The zero-order chi connectivity index (χ0) is 19.2. The van der Waals surface area contributed by atoms with Crippen LogP contribution in [0.4, 0.5) is 0 Å². The number of benzene rings is 1. The van der Waals surface area contributed by atoms with Crippen molar-refractivity contribution in [2.75, 3.05) is 0 Å². The largest absolute Gasteiger partial charge is 0.256 e. The van der Waals surface area contributed by atoms with Gasteiger partial charge in [0.2, 0.25) is 0 Å². The highest BCUT2D eigenvalue weighted by atomic mass is 15.1. The van der Waals surface area contributed by atoms with Crippen LogP contribution in [0, 0.1) is 0 Å². The fraction of sp³-hybridized carbons (Fsp3) is 0.640. The van der Waals surface area contributed by atoms with Crippen LogP contribution in [0.15, 0.2) is 42.7 Å². The molecule has 2 aromatic rings. The third kappa shape index (κ3) is 8.32. The van der Waals surface area contributed by atoms with Crippen molar-refractivity contribution in [3.8, 4) is 0 Å². The summed E-state index contributed by atoms with van der Waals surface area (Å²) in [6, 6.07) is 10.9. The fourth-order valence-corrected chi connectivity index (χ4v) is 3.86. The molecule has 1 aromatic heterocycles. The van der Waals surface area contributed by atoms with E-state index in [1.807, 2.05) is 0 Å². The molecule has 0 bridgehead atoms. The first-order valence-electron chi connectivity index (χ1n) is 11.5. The lowest BCUT2D eigenvalue weighted by Gasteiger charge is -2.06. The number of aromatic nitrogens is 2. The van der Waals surface area contributed by atoms with Crippen molar-refractivity contribution >= 4 is 0 Å². The molecule has 150 valence electrons. The summed E-state index contributed by atoms with van der Waals surface area (Å²) in [7, 11) is 0. The number of unbranched alkanes of at least 4 members (excludes halogenated alkanes) is 9. The smallest absolute Gasteiger partial charge is 0.234 e. The average molecular weight is 370 g/mol. The number of aryl methyl sites for hydroxylation is 1. The molecule has 0 amide bonds. The van der Waals surface area contributed by atoms with Gasteiger partial charge in [0.15, 0.2) is 0 Å². The molecule has 1 aromatic carbocycles. The van der Waals surface area contributed by atoms with E-state index in [1.54, 1.807) is 0 Å². The third-order valence-electron chi connectivity index (χ3n) is 5.54. The Balaban J connectivity index is 1.87. The van der Waals surface area contributed by atoms with E-state index in [9.17, 15) is 0 Å². The number of hydrogen-bond donors (Lipinski definition) is 0. The summed E-state index contributed by atoms with van der Waals surface area (Å²) in [6.45, 7) is 6.74. The van der Waals surface area contributed by atoms with E-state index in [-0.39, 0.29) is 0 Å². The van der Waals surface area contributed by atoms with Crippen LogP contribution >= 0.6 is 0 Å². The van der Waals surface area contributed by atoms with Gasteiger partial charge in [0, 0.05) is 6.42 Å². The van der Waals surface area contributed by atoms with Crippen molar-refractivity contribution in [3.05, 3.63) is 54.1 Å². The highest BCUT2D eigenvalue weighted by Crippen LogP contribution is 2.12. The Labute approximate surface area is 167 Å². The molecule has 0 saturated carbocycles. The minimum Gasteiger partial charge on any atom is -0.234 e. The second kappa shape index (κ2) is 13.6. The van der Waals surface area contributed by atoms with Gasteiger partial charge < -0.3 is 0 Å². The van der Waals surface area contributed by atoms with E-state index in [4.69, 9.17) is 0 Å². The molecule has 0 radical (unpaired) electrons. The van der Waals surface area contributed by atoms with E-state index in [2.05, 4.69) is 65.7 Å². The van der Waals surface area contributed by atoms with Crippen LogP contribution < -0.4 is 4.57 Å². The fourth-order valence-electron chi connectivity index (χ4n) is 3.86. The van der Waals surface area contributed by atoms with Crippen LogP contribution in [0.1, 0.15) is 95.9 Å². The Morgan fingerprint density at radius 3 is 2.07 bits per heavy atom. The van der Waals surface area contributed by atoms with Crippen LogP contribution in [0.5, 0.6) is 0 Å². The van der Waals surface area contributed by atoms with Gasteiger partial charge >= 0.3 is 0 Å². The van der Waals surface area contributed by atoms with Crippen LogP contribution in [0.25, 0.3) is 0 Å². The molecule has 2 heteroatoms. The Morgan fingerprint density at radius 1 is 0.741 bits per heavy atom. The van der Waals surface area contributed by atoms with E-state index < -0.39 is 0 Å². The van der Waals surface area contributed by atoms with Gasteiger partial charge in [0.25, 0.3) is 5.82 Å². The van der Waals surface area contributed by atoms with Gasteiger partial charge in [-0.05, 0) is 24.8 Å². The Hall–Kier alpha value is -1.57. The number of rotatable bonds is 15. The maximum Gasteiger partial charge on any atom is 0.256 e. The first kappa shape index (κ1) is 21.7. The third-order valence-corrected chi connectivity index (χ3v) is 5.54. The lowest BCUT2D eigenvalue weighted by Crippen LogP contribution is -2.37. The Kier molecular flexibility index (Phi) is 10.9. The molecule has 0 unspecified atom stereocenters. The Morgan fingerprint density at radius 2 is 1.37 bits per heavy atom. The molecular weight excluding hydrogens is 328 g/mol. The van der Waals surface area contributed by atoms with Crippen LogP contribution in [-0.4, -0.2) is 4.57 Å². The maximum atomic E-state index is 2.51. The molecule has 2 nitrogen and oxygen atoms in total. The van der Waals surface area contributed by atoms with E-state index in [1.165, 1.54) is 95.0 Å². The van der Waals surface area contributed by atoms with Gasteiger partial charge in [-0.3, -0.25) is 0 Å². The predicted molar refractivity (Wildman–Crippen MR) is 116 cm³/mol. The minimum atomic E-state index is 0.994. The summed E-state index contributed by atoms with van der Waals surface area (Å²) in [4.78, 5) is 0. The Bertz CT molecular complexity index is 600. The van der Waals surface area contributed by atoms with E-state index in [0.717, 1.165) is 6.54 Å². The van der Waals surface area contributed by atoms with Gasteiger partial charge in [-0.2, -0.15) is 0 Å². The van der Waals surface area contributed by atoms with Crippen molar-refractivity contribution in [1.82, 2.24) is 4.57 Å². The molecule has 2 rings (SSSR count). The normalized spacial score (nSPS) is 11.2. The summed E-state index contributed by atoms with van der Waals surface area (Å²) in [5, 5.41) is 0. The molecule has 0 saturated heterocycles. The van der Waals surface area contributed by atoms with Crippen LogP contribution in [0.2, 0.25) is 0 Å². The zero-order valence-corrected chi connectivity index (χ0v) is 17.8. The molecule has 1 heterocycles. The zero-order valence-electron chi connectivity index (χ0n) is 17.8. The first-order chi connectivity index (χ1) is 13.3. The van der Waals surface area contributed by atoms with Crippen LogP contribution in [0.3, 0.4) is 0 Å². The highest BCUT2D eigenvalue weighted by molar-refractivity contribution is 5.15. The molecular formula is C25H41N2+. The van der Waals surface area contributed by atoms with Crippen LogP contribution in [-0.2, 0) is 19.5 Å². The van der Waals surface area contributed by atoms with Gasteiger partial charge in [-0.25, -0.2) is 9.13 Å². The number of hydrogen-bond acceptors (Lipinski definition) is 0. The van der Waals surface area contributed by atoms with Gasteiger partial charge in [-0.15, -0.1) is 0 Å². The number of nitrogens with zero attached hydrogens (tertiary/aromatic N) is 2. The molecule has 0 spiro atoms.